The van der Waals surface area contributed by atoms with Gasteiger partial charge in [0.05, 0.1) is 18.6 Å². The van der Waals surface area contributed by atoms with E-state index in [1.54, 1.807) is 6.92 Å². The molecule has 0 radical (unpaired) electrons. The van der Waals surface area contributed by atoms with Gasteiger partial charge in [-0.05, 0) is 26.3 Å². The topological polar surface area (TPSA) is 88.8 Å². The lowest BCUT2D eigenvalue weighted by atomic mass is 10.2. The van der Waals surface area contributed by atoms with E-state index in [9.17, 15) is 9.59 Å². The molecule has 0 saturated heterocycles. The van der Waals surface area contributed by atoms with Crippen molar-refractivity contribution in [2.75, 3.05) is 6.61 Å². The van der Waals surface area contributed by atoms with Crippen LogP contribution in [0.1, 0.15) is 35.2 Å². The van der Waals surface area contributed by atoms with Gasteiger partial charge in [-0.3, -0.25) is 4.79 Å². The second-order valence-corrected chi connectivity index (χ2v) is 4.54. The summed E-state index contributed by atoms with van der Waals surface area (Å²) in [5.74, 6) is -0.413. The number of aromatic carboxylic acids is 1. The van der Waals surface area contributed by atoms with Gasteiger partial charge in [0, 0.05) is 6.61 Å². The lowest BCUT2D eigenvalue weighted by Crippen LogP contribution is -2.25. The first-order chi connectivity index (χ1) is 9.02. The van der Waals surface area contributed by atoms with Gasteiger partial charge in [0.15, 0.2) is 0 Å². The molecule has 2 unspecified atom stereocenters. The maximum absolute atomic E-state index is 11.7. The maximum Gasteiger partial charge on any atom is 0.339 e. The summed E-state index contributed by atoms with van der Waals surface area (Å²) in [7, 11) is 0. The molecule has 104 valence electrons. The predicted molar refractivity (Wildman–Crippen MR) is 65.8 cm³/mol. The smallest absolute Gasteiger partial charge is 0.339 e. The molecule has 1 fully saturated rings. The summed E-state index contributed by atoms with van der Waals surface area (Å²) in [6.45, 7) is 4.28. The van der Waals surface area contributed by atoms with Crippen LogP contribution in [0.25, 0.3) is 0 Å². The molecule has 1 aromatic heterocycles. The Bertz CT molecular complexity index is 493. The summed E-state index contributed by atoms with van der Waals surface area (Å²) in [5.41, 5.74) is 0.128. The van der Waals surface area contributed by atoms with Crippen molar-refractivity contribution < 1.29 is 23.8 Å². The summed E-state index contributed by atoms with van der Waals surface area (Å²) >= 11 is 0. The van der Waals surface area contributed by atoms with Gasteiger partial charge in [0.2, 0.25) is 5.91 Å². The Morgan fingerprint density at radius 1 is 1.58 bits per heavy atom. The number of hydrogen-bond acceptors (Lipinski definition) is 4. The van der Waals surface area contributed by atoms with Crippen LogP contribution in [0.2, 0.25) is 0 Å². The molecule has 1 aromatic rings. The van der Waals surface area contributed by atoms with E-state index in [4.69, 9.17) is 14.3 Å². The Morgan fingerprint density at radius 2 is 2.32 bits per heavy atom. The normalized spacial score (nSPS) is 21.2. The van der Waals surface area contributed by atoms with E-state index in [0.717, 1.165) is 6.42 Å². The maximum atomic E-state index is 11.7. The molecule has 1 saturated carbocycles. The minimum Gasteiger partial charge on any atom is -0.478 e. The Hall–Kier alpha value is -1.82. The average molecular weight is 267 g/mol. The molecule has 0 bridgehead atoms. The zero-order valence-electron chi connectivity index (χ0n) is 10.9. The Kier molecular flexibility index (Phi) is 3.90. The summed E-state index contributed by atoms with van der Waals surface area (Å²) in [6.07, 6.45) is 0.773. The molecule has 1 heterocycles. The van der Waals surface area contributed by atoms with Crippen molar-refractivity contribution in [1.29, 1.82) is 0 Å². The van der Waals surface area contributed by atoms with E-state index in [1.807, 2.05) is 6.92 Å². The van der Waals surface area contributed by atoms with Gasteiger partial charge in [-0.2, -0.15) is 0 Å². The molecule has 2 N–H and O–H groups in total. The van der Waals surface area contributed by atoms with Crippen LogP contribution in [-0.2, 0) is 16.1 Å². The number of carbonyl (C=O) groups is 2. The van der Waals surface area contributed by atoms with Gasteiger partial charge in [0.25, 0.3) is 0 Å². The number of furan rings is 1. The largest absolute Gasteiger partial charge is 0.478 e. The number of hydrogen-bond donors (Lipinski definition) is 2. The van der Waals surface area contributed by atoms with Gasteiger partial charge in [-0.15, -0.1) is 0 Å². The standard InChI is InChI=1S/C13H17NO5/c1-3-18-11-5-10(11)12(15)14-6-8-4-9(13(16)17)7(2)19-8/h4,10-11H,3,5-6H2,1-2H3,(H,14,15)(H,16,17). The molecule has 0 aliphatic heterocycles. The van der Waals surface area contributed by atoms with Crippen LogP contribution in [-0.4, -0.2) is 29.7 Å². The van der Waals surface area contributed by atoms with Gasteiger partial charge >= 0.3 is 5.97 Å². The van der Waals surface area contributed by atoms with Crippen molar-refractivity contribution in [1.82, 2.24) is 5.32 Å². The summed E-state index contributed by atoms with van der Waals surface area (Å²) in [4.78, 5) is 22.6. The predicted octanol–water partition coefficient (Wildman–Crippen LogP) is 1.33. The van der Waals surface area contributed by atoms with E-state index in [-0.39, 0.29) is 30.0 Å². The van der Waals surface area contributed by atoms with E-state index < -0.39 is 5.97 Å². The third kappa shape index (κ3) is 3.14. The summed E-state index contributed by atoms with van der Waals surface area (Å²) in [5, 5.41) is 11.6. The summed E-state index contributed by atoms with van der Waals surface area (Å²) in [6, 6.07) is 1.44. The average Bonchev–Trinajstić information content (AvgIpc) is 3.01. The fraction of sp³-hybridized carbons (Fsp3) is 0.538. The van der Waals surface area contributed by atoms with Crippen LogP contribution in [0.15, 0.2) is 10.5 Å². The van der Waals surface area contributed by atoms with Crippen molar-refractivity contribution in [3.8, 4) is 0 Å². The first kappa shape index (κ1) is 13.6. The molecule has 19 heavy (non-hydrogen) atoms. The molecule has 0 aromatic carbocycles. The zero-order chi connectivity index (χ0) is 14.0. The molecular formula is C13H17NO5. The third-order valence-corrected chi connectivity index (χ3v) is 3.09. The van der Waals surface area contributed by atoms with E-state index >= 15 is 0 Å². The number of ether oxygens (including phenoxy) is 1. The van der Waals surface area contributed by atoms with E-state index in [1.165, 1.54) is 6.07 Å². The highest BCUT2D eigenvalue weighted by Crippen LogP contribution is 2.33. The number of amides is 1. The first-order valence-corrected chi connectivity index (χ1v) is 6.24. The number of carbonyl (C=O) groups excluding carboxylic acids is 1. The highest BCUT2D eigenvalue weighted by atomic mass is 16.5. The van der Waals surface area contributed by atoms with Crippen LogP contribution in [0.3, 0.4) is 0 Å². The number of nitrogens with one attached hydrogen (secondary N) is 1. The van der Waals surface area contributed by atoms with E-state index in [0.29, 0.717) is 18.1 Å². The number of carboxylic acid groups (broad SMARTS) is 1. The second kappa shape index (κ2) is 5.44. The fourth-order valence-corrected chi connectivity index (χ4v) is 1.99. The first-order valence-electron chi connectivity index (χ1n) is 6.24. The Morgan fingerprint density at radius 3 is 2.89 bits per heavy atom. The lowest BCUT2D eigenvalue weighted by Gasteiger charge is -2.02. The molecular weight excluding hydrogens is 250 g/mol. The van der Waals surface area contributed by atoms with Crippen LogP contribution < -0.4 is 5.32 Å². The number of aryl methyl sites for hydroxylation is 1. The van der Waals surface area contributed by atoms with Gasteiger partial charge in [-0.25, -0.2) is 4.79 Å². The molecule has 2 rings (SSSR count). The molecule has 1 aliphatic rings. The monoisotopic (exact) mass is 267 g/mol. The Balaban J connectivity index is 1.84. The van der Waals surface area contributed by atoms with Crippen LogP contribution in [0.5, 0.6) is 0 Å². The number of rotatable bonds is 6. The van der Waals surface area contributed by atoms with Gasteiger partial charge < -0.3 is 19.6 Å². The quantitative estimate of drug-likeness (QED) is 0.811. The van der Waals surface area contributed by atoms with E-state index in [2.05, 4.69) is 5.32 Å². The minimum atomic E-state index is -1.03. The van der Waals surface area contributed by atoms with Crippen molar-refractivity contribution in [2.24, 2.45) is 5.92 Å². The van der Waals surface area contributed by atoms with Crippen molar-refractivity contribution in [3.63, 3.8) is 0 Å². The SMILES string of the molecule is CCOC1CC1C(=O)NCc1cc(C(=O)O)c(C)o1. The summed E-state index contributed by atoms with van der Waals surface area (Å²) < 4.78 is 10.6. The van der Waals surface area contributed by atoms with Crippen molar-refractivity contribution in [2.45, 2.75) is 32.9 Å². The zero-order valence-corrected chi connectivity index (χ0v) is 10.9. The van der Waals surface area contributed by atoms with Crippen LogP contribution in [0.4, 0.5) is 0 Å². The highest BCUT2D eigenvalue weighted by molar-refractivity contribution is 5.88. The minimum absolute atomic E-state index is 0.0258. The van der Waals surface area contributed by atoms with Crippen LogP contribution >= 0.6 is 0 Å². The molecule has 6 nitrogen and oxygen atoms in total. The molecule has 2 atom stereocenters. The number of carboxylic acids is 1. The molecule has 0 spiro atoms. The lowest BCUT2D eigenvalue weighted by molar-refractivity contribution is -0.123. The van der Waals surface area contributed by atoms with Crippen LogP contribution in [0, 0.1) is 12.8 Å². The highest BCUT2D eigenvalue weighted by Gasteiger charge is 2.43. The Labute approximate surface area is 110 Å². The van der Waals surface area contributed by atoms with Crippen molar-refractivity contribution >= 4 is 11.9 Å². The third-order valence-electron chi connectivity index (χ3n) is 3.09. The second-order valence-electron chi connectivity index (χ2n) is 4.54. The molecule has 1 aliphatic carbocycles. The molecule has 6 heteroatoms. The van der Waals surface area contributed by atoms with Gasteiger partial charge in [-0.1, -0.05) is 0 Å². The fourth-order valence-electron chi connectivity index (χ4n) is 1.99. The van der Waals surface area contributed by atoms with Gasteiger partial charge in [0.1, 0.15) is 17.1 Å². The molecule has 1 amide bonds. The van der Waals surface area contributed by atoms with Crippen molar-refractivity contribution in [3.05, 3.63) is 23.2 Å².